The van der Waals surface area contributed by atoms with Crippen molar-refractivity contribution in [3.05, 3.63) is 95.1 Å². The monoisotopic (exact) mass is 541 g/mol. The quantitative estimate of drug-likeness (QED) is 0.499. The summed E-state index contributed by atoms with van der Waals surface area (Å²) in [6.45, 7) is 1.99. The number of hydrazone groups is 2. The van der Waals surface area contributed by atoms with Crippen LogP contribution < -0.4 is 51.0 Å². The zero-order valence-corrected chi connectivity index (χ0v) is 24.2. The molecule has 4 heterocycles. The standard InChI is InChI=1S/C14H14N4O.C14H12N4O.B.Na.H/c2*15-8-12-11-6-7-19-9-13(11)17-18(14(12)16)10-4-2-1-3-5-10;;;/h1-5,11H,6-7,9,16H2;1-6H,7,9,16H2;;;/q;;;+1;-1. The van der Waals surface area contributed by atoms with Gasteiger partial charge >= 0.3 is 29.6 Å². The molecule has 10 nitrogen and oxygen atoms in total. The Bertz CT molecular complexity index is 1470. The third-order valence-corrected chi connectivity index (χ3v) is 6.45. The van der Waals surface area contributed by atoms with E-state index in [1.807, 2.05) is 66.7 Å². The maximum Gasteiger partial charge on any atom is 1.00 e. The SMILES string of the molecule is N#CC1=C(N)N(c2ccccc2)N=C2COCC=C21.N#CC1=C(N)N(c2ccccc2)N=C2COCCC21.[B].[H-].[Na+]. The van der Waals surface area contributed by atoms with Crippen LogP contribution in [-0.2, 0) is 9.47 Å². The van der Waals surface area contributed by atoms with Gasteiger partial charge in [-0.15, -0.1) is 0 Å². The number of nitrogens with zero attached hydrogens (tertiary/aromatic N) is 6. The molecule has 1 atom stereocenters. The molecule has 2 aromatic carbocycles. The number of fused-ring (bicyclic) bond motifs is 2. The van der Waals surface area contributed by atoms with E-state index in [0.717, 1.165) is 34.8 Å². The number of rotatable bonds is 2. The van der Waals surface area contributed by atoms with Gasteiger partial charge < -0.3 is 22.4 Å². The first-order valence-corrected chi connectivity index (χ1v) is 12.1. The van der Waals surface area contributed by atoms with E-state index in [4.69, 9.17) is 20.9 Å². The van der Waals surface area contributed by atoms with Crippen LogP contribution in [0, 0.1) is 28.6 Å². The van der Waals surface area contributed by atoms with Gasteiger partial charge in [0.25, 0.3) is 0 Å². The fourth-order valence-corrected chi connectivity index (χ4v) is 4.56. The summed E-state index contributed by atoms with van der Waals surface area (Å²) >= 11 is 0. The van der Waals surface area contributed by atoms with Crippen LogP contribution >= 0.6 is 0 Å². The summed E-state index contributed by atoms with van der Waals surface area (Å²) in [5, 5.41) is 30.9. The molecule has 6 rings (SSSR count). The van der Waals surface area contributed by atoms with Gasteiger partial charge in [-0.1, -0.05) is 36.4 Å². The molecule has 2 aromatic rings. The van der Waals surface area contributed by atoms with Crippen molar-refractivity contribution in [2.45, 2.75) is 6.42 Å². The average Bonchev–Trinajstić information content (AvgIpc) is 2.98. The van der Waals surface area contributed by atoms with Crippen molar-refractivity contribution in [2.75, 3.05) is 36.4 Å². The Labute approximate surface area is 258 Å². The minimum absolute atomic E-state index is 0. The van der Waals surface area contributed by atoms with Gasteiger partial charge in [-0.3, -0.25) is 0 Å². The van der Waals surface area contributed by atoms with Gasteiger partial charge in [-0.25, -0.2) is 10.0 Å². The Kier molecular flexibility index (Phi) is 10.7. The Morgan fingerprint density at radius 1 is 0.850 bits per heavy atom. The van der Waals surface area contributed by atoms with E-state index in [9.17, 15) is 10.5 Å². The fourth-order valence-electron chi connectivity index (χ4n) is 4.56. The molecule has 40 heavy (non-hydrogen) atoms. The number of hydrogen-bond donors (Lipinski definition) is 2. The third-order valence-electron chi connectivity index (χ3n) is 6.45. The number of nitriles is 2. The molecule has 12 heteroatoms. The summed E-state index contributed by atoms with van der Waals surface area (Å²) in [6, 6.07) is 23.5. The van der Waals surface area contributed by atoms with Crippen molar-refractivity contribution in [1.29, 1.82) is 10.5 Å². The molecule has 1 unspecified atom stereocenters. The first-order valence-electron chi connectivity index (χ1n) is 12.1. The first-order chi connectivity index (χ1) is 18.6. The Balaban J connectivity index is 0.000000267. The molecule has 4 aliphatic rings. The summed E-state index contributed by atoms with van der Waals surface area (Å²) in [7, 11) is 0. The van der Waals surface area contributed by atoms with Crippen molar-refractivity contribution in [2.24, 2.45) is 27.6 Å². The number of hydrogen-bond acceptors (Lipinski definition) is 10. The number of allylic oxidation sites excluding steroid dienone is 2. The molecule has 0 amide bonds. The molecule has 1 saturated heterocycles. The van der Waals surface area contributed by atoms with Crippen LogP contribution in [0.3, 0.4) is 0 Å². The predicted molar refractivity (Wildman–Crippen MR) is 151 cm³/mol. The van der Waals surface area contributed by atoms with Crippen molar-refractivity contribution in [3.63, 3.8) is 0 Å². The largest absolute Gasteiger partial charge is 1.00 e. The molecule has 0 spiro atoms. The van der Waals surface area contributed by atoms with Crippen LogP contribution in [-0.4, -0.2) is 46.3 Å². The minimum atomic E-state index is 0. The minimum Gasteiger partial charge on any atom is -1.00 e. The van der Waals surface area contributed by atoms with E-state index < -0.39 is 0 Å². The van der Waals surface area contributed by atoms with E-state index in [2.05, 4.69) is 22.3 Å². The van der Waals surface area contributed by atoms with Gasteiger partial charge in [0.15, 0.2) is 0 Å². The number of ether oxygens (including phenoxy) is 2. The van der Waals surface area contributed by atoms with E-state index in [-0.39, 0.29) is 45.3 Å². The van der Waals surface area contributed by atoms with Gasteiger partial charge in [0, 0.05) is 26.5 Å². The Morgan fingerprint density at radius 2 is 1.48 bits per heavy atom. The van der Waals surface area contributed by atoms with Gasteiger partial charge in [-0.2, -0.15) is 20.7 Å². The van der Waals surface area contributed by atoms with Crippen LogP contribution in [0.1, 0.15) is 7.85 Å². The summed E-state index contributed by atoms with van der Waals surface area (Å²) < 4.78 is 10.8. The molecule has 3 radical (unpaired) electrons. The first kappa shape index (κ1) is 30.7. The van der Waals surface area contributed by atoms with E-state index in [1.165, 1.54) is 0 Å². The molecule has 195 valence electrons. The number of benzene rings is 2. The molecule has 0 aromatic heterocycles. The molecule has 4 N–H and O–H groups in total. The van der Waals surface area contributed by atoms with Crippen LogP contribution in [0.15, 0.2) is 105 Å². The van der Waals surface area contributed by atoms with Crippen molar-refractivity contribution in [3.8, 4) is 12.1 Å². The van der Waals surface area contributed by atoms with Crippen LogP contribution in [0.5, 0.6) is 0 Å². The number of para-hydroxylation sites is 2. The summed E-state index contributed by atoms with van der Waals surface area (Å²) in [5.41, 5.74) is 17.3. The molecule has 1 fully saturated rings. The zero-order chi connectivity index (χ0) is 26.5. The summed E-state index contributed by atoms with van der Waals surface area (Å²) in [5.74, 6) is 0.786. The van der Waals surface area contributed by atoms with Crippen molar-refractivity contribution >= 4 is 31.2 Å². The molecule has 0 bridgehead atoms. The molecule has 0 aliphatic carbocycles. The van der Waals surface area contributed by atoms with E-state index in [1.54, 1.807) is 10.0 Å². The predicted octanol–water partition coefficient (Wildman–Crippen LogP) is -0.158. The Hall–Kier alpha value is -3.84. The second-order valence-electron chi connectivity index (χ2n) is 8.74. The van der Waals surface area contributed by atoms with Gasteiger partial charge in [0.2, 0.25) is 0 Å². The van der Waals surface area contributed by atoms with E-state index in [0.29, 0.717) is 49.2 Å². The number of anilines is 2. The van der Waals surface area contributed by atoms with Crippen molar-refractivity contribution in [1.82, 2.24) is 0 Å². The van der Waals surface area contributed by atoms with Crippen LogP contribution in [0.25, 0.3) is 0 Å². The van der Waals surface area contributed by atoms with Gasteiger partial charge in [0.05, 0.1) is 54.3 Å². The smallest absolute Gasteiger partial charge is 1.00 e. The molecular weight excluding hydrogens is 514 g/mol. The zero-order valence-electron chi connectivity index (χ0n) is 23.2. The molecular formula is C28H27BN8NaO2. The summed E-state index contributed by atoms with van der Waals surface area (Å²) in [4.78, 5) is 0. The van der Waals surface area contributed by atoms with Crippen LogP contribution in [0.4, 0.5) is 11.4 Å². The van der Waals surface area contributed by atoms with Crippen molar-refractivity contribution < 1.29 is 40.5 Å². The van der Waals surface area contributed by atoms with Gasteiger partial charge in [-0.05, 0) is 36.8 Å². The van der Waals surface area contributed by atoms with Gasteiger partial charge in [0.1, 0.15) is 23.3 Å². The van der Waals surface area contributed by atoms with Crippen LogP contribution in [0.2, 0.25) is 0 Å². The molecule has 0 saturated carbocycles. The normalized spacial score (nSPS) is 19.4. The number of nitrogens with two attached hydrogens (primary N) is 2. The average molecular weight is 541 g/mol. The Morgan fingerprint density at radius 3 is 2.08 bits per heavy atom. The maximum absolute atomic E-state index is 9.35. The maximum atomic E-state index is 9.35. The summed E-state index contributed by atoms with van der Waals surface area (Å²) in [6.07, 6.45) is 2.61. The van der Waals surface area contributed by atoms with E-state index >= 15 is 0 Å². The third kappa shape index (κ3) is 6.15. The fraction of sp³-hybridized carbons (Fsp3) is 0.214. The molecule has 4 aliphatic heterocycles. The second kappa shape index (κ2) is 14.0. The topological polar surface area (TPSA) is 149 Å². The second-order valence-corrected chi connectivity index (χ2v) is 8.74.